The van der Waals surface area contributed by atoms with Gasteiger partial charge in [-0.1, -0.05) is 29.5 Å². The number of nitro groups is 1. The van der Waals surface area contributed by atoms with E-state index in [0.29, 0.717) is 32.9 Å². The molecule has 0 radical (unpaired) electrons. The molecule has 0 aliphatic rings. The van der Waals surface area contributed by atoms with E-state index in [1.54, 1.807) is 48.7 Å². The zero-order chi connectivity index (χ0) is 22.0. The maximum atomic E-state index is 12.4. The predicted octanol–water partition coefficient (Wildman–Crippen LogP) is 3.16. The third-order valence-corrected chi connectivity index (χ3v) is 5.39. The van der Waals surface area contributed by atoms with Crippen molar-refractivity contribution in [2.24, 2.45) is 0 Å². The Hall–Kier alpha value is -3.99. The van der Waals surface area contributed by atoms with Crippen LogP contribution < -0.4 is 10.9 Å². The second kappa shape index (κ2) is 8.40. The van der Waals surface area contributed by atoms with E-state index in [1.807, 2.05) is 0 Å². The van der Waals surface area contributed by atoms with Crippen molar-refractivity contribution in [2.45, 2.75) is 19.9 Å². The summed E-state index contributed by atoms with van der Waals surface area (Å²) in [7, 11) is 0. The molecule has 11 heteroatoms. The van der Waals surface area contributed by atoms with Crippen molar-refractivity contribution >= 4 is 39.0 Å². The van der Waals surface area contributed by atoms with Crippen molar-refractivity contribution < 1.29 is 9.72 Å². The molecule has 10 nitrogen and oxygen atoms in total. The third-order valence-electron chi connectivity index (χ3n) is 4.63. The summed E-state index contributed by atoms with van der Waals surface area (Å²) in [4.78, 5) is 39.8. The van der Waals surface area contributed by atoms with Gasteiger partial charge in [-0.25, -0.2) is 9.67 Å². The Morgan fingerprint density at radius 2 is 2.06 bits per heavy atom. The van der Waals surface area contributed by atoms with E-state index < -0.39 is 4.92 Å². The van der Waals surface area contributed by atoms with E-state index in [1.165, 1.54) is 17.4 Å². The number of carbonyl (C=O) groups excluding carboxylic acids is 1. The fourth-order valence-corrected chi connectivity index (χ4v) is 3.72. The summed E-state index contributed by atoms with van der Waals surface area (Å²) in [6.45, 7) is 1.74. The highest BCUT2D eigenvalue weighted by molar-refractivity contribution is 7.14. The number of nitrogens with one attached hydrogen (secondary N) is 1. The van der Waals surface area contributed by atoms with Crippen molar-refractivity contribution in [3.05, 3.63) is 73.9 Å². The molecule has 0 saturated heterocycles. The molecule has 0 saturated carbocycles. The third kappa shape index (κ3) is 4.31. The molecule has 2 aromatic heterocycles. The van der Waals surface area contributed by atoms with Crippen LogP contribution in [-0.2, 0) is 11.3 Å². The maximum absolute atomic E-state index is 12.4. The molecule has 0 unspecified atom stereocenters. The van der Waals surface area contributed by atoms with Gasteiger partial charge in [-0.15, -0.1) is 16.4 Å². The van der Waals surface area contributed by atoms with Gasteiger partial charge in [0.1, 0.15) is 5.52 Å². The highest BCUT2D eigenvalue weighted by atomic mass is 32.1. The van der Waals surface area contributed by atoms with Crippen LogP contribution in [0.25, 0.3) is 22.2 Å². The minimum absolute atomic E-state index is 0.0117. The van der Waals surface area contributed by atoms with Crippen LogP contribution in [0.2, 0.25) is 0 Å². The fourth-order valence-electron chi connectivity index (χ4n) is 2.99. The molecule has 0 fully saturated rings. The first-order valence-corrected chi connectivity index (χ1v) is 10.1. The smallest absolute Gasteiger partial charge is 0.277 e. The summed E-state index contributed by atoms with van der Waals surface area (Å²) in [5.41, 5.74) is 1.88. The van der Waals surface area contributed by atoms with Crippen LogP contribution in [0.1, 0.15) is 12.0 Å². The molecule has 2 heterocycles. The Kier molecular flexibility index (Phi) is 5.50. The van der Waals surface area contributed by atoms with E-state index in [9.17, 15) is 19.7 Å². The minimum Gasteiger partial charge on any atom is -0.302 e. The Balaban J connectivity index is 1.43. The average Bonchev–Trinajstić information content (AvgIpc) is 3.22. The van der Waals surface area contributed by atoms with Crippen molar-refractivity contribution in [3.8, 4) is 11.3 Å². The van der Waals surface area contributed by atoms with Crippen LogP contribution in [0, 0.1) is 17.0 Å². The normalized spacial score (nSPS) is 10.9. The number of aryl methyl sites for hydroxylation is 2. The average molecular weight is 436 g/mol. The van der Waals surface area contributed by atoms with Crippen molar-refractivity contribution in [1.82, 2.24) is 20.0 Å². The quantitative estimate of drug-likeness (QED) is 0.362. The number of nitro benzene ring substituents is 1. The van der Waals surface area contributed by atoms with Gasteiger partial charge in [0.25, 0.3) is 11.2 Å². The number of amides is 1. The number of thiazole rings is 1. The Morgan fingerprint density at radius 1 is 1.26 bits per heavy atom. The molecule has 31 heavy (non-hydrogen) atoms. The van der Waals surface area contributed by atoms with E-state index in [2.05, 4.69) is 20.6 Å². The van der Waals surface area contributed by atoms with Crippen LogP contribution in [0.4, 0.5) is 10.8 Å². The van der Waals surface area contributed by atoms with Crippen molar-refractivity contribution in [3.63, 3.8) is 0 Å². The first kappa shape index (κ1) is 20.3. The largest absolute Gasteiger partial charge is 0.302 e. The molecule has 4 aromatic rings. The molecule has 0 aliphatic heterocycles. The predicted molar refractivity (Wildman–Crippen MR) is 116 cm³/mol. The summed E-state index contributed by atoms with van der Waals surface area (Å²) >= 11 is 1.21. The Labute approximate surface area is 179 Å². The maximum Gasteiger partial charge on any atom is 0.277 e. The van der Waals surface area contributed by atoms with Crippen LogP contribution >= 0.6 is 11.3 Å². The van der Waals surface area contributed by atoms with E-state index in [-0.39, 0.29) is 30.1 Å². The number of hydrogen-bond acceptors (Lipinski definition) is 8. The lowest BCUT2D eigenvalue weighted by molar-refractivity contribution is -0.385. The number of carbonyl (C=O) groups is 1. The molecule has 156 valence electrons. The van der Waals surface area contributed by atoms with Gasteiger partial charge in [-0.05, 0) is 19.1 Å². The van der Waals surface area contributed by atoms with E-state index in [0.717, 1.165) is 4.68 Å². The van der Waals surface area contributed by atoms with Gasteiger partial charge in [0.2, 0.25) is 5.91 Å². The van der Waals surface area contributed by atoms with Gasteiger partial charge >= 0.3 is 0 Å². The summed E-state index contributed by atoms with van der Waals surface area (Å²) < 4.78 is 1.15. The van der Waals surface area contributed by atoms with Crippen LogP contribution in [0.3, 0.4) is 0 Å². The summed E-state index contributed by atoms with van der Waals surface area (Å²) in [5.74, 6) is -0.336. The molecule has 1 N–H and O–H groups in total. The molecule has 0 aliphatic carbocycles. The Morgan fingerprint density at radius 3 is 2.87 bits per heavy atom. The first-order chi connectivity index (χ1) is 14.9. The molecular formula is C20H16N6O4S. The summed E-state index contributed by atoms with van der Waals surface area (Å²) in [5, 5.41) is 24.2. The SMILES string of the molecule is Cc1ccc(-c2csc(NC(=O)CCn3nnc4ccccc4c3=O)n2)cc1[N+](=O)[O-]. The molecule has 2 aromatic carbocycles. The number of nitrogens with zero attached hydrogens (tertiary/aromatic N) is 5. The van der Waals surface area contributed by atoms with Crippen LogP contribution in [0.15, 0.2) is 52.6 Å². The lowest BCUT2D eigenvalue weighted by Gasteiger charge is -2.05. The Bertz CT molecular complexity index is 1360. The van der Waals surface area contributed by atoms with Gasteiger partial charge in [0.05, 0.1) is 22.5 Å². The monoisotopic (exact) mass is 436 g/mol. The number of benzene rings is 2. The number of aromatic nitrogens is 4. The summed E-state index contributed by atoms with van der Waals surface area (Å²) in [6.07, 6.45) is 0.0117. The zero-order valence-electron chi connectivity index (χ0n) is 16.3. The second-order valence-electron chi connectivity index (χ2n) is 6.73. The first-order valence-electron chi connectivity index (χ1n) is 9.26. The van der Waals surface area contributed by atoms with E-state index in [4.69, 9.17) is 0 Å². The van der Waals surface area contributed by atoms with Gasteiger partial charge < -0.3 is 5.32 Å². The highest BCUT2D eigenvalue weighted by Gasteiger charge is 2.15. The number of fused-ring (bicyclic) bond motifs is 1. The zero-order valence-corrected chi connectivity index (χ0v) is 17.1. The topological polar surface area (TPSA) is 133 Å². The molecule has 4 rings (SSSR count). The highest BCUT2D eigenvalue weighted by Crippen LogP contribution is 2.29. The molecular weight excluding hydrogens is 420 g/mol. The lowest BCUT2D eigenvalue weighted by atomic mass is 10.1. The van der Waals surface area contributed by atoms with Gasteiger partial charge in [-0.3, -0.25) is 19.7 Å². The number of anilines is 1. The van der Waals surface area contributed by atoms with Gasteiger partial charge in [0.15, 0.2) is 5.13 Å². The van der Waals surface area contributed by atoms with Crippen molar-refractivity contribution in [2.75, 3.05) is 5.32 Å². The van der Waals surface area contributed by atoms with Crippen molar-refractivity contribution in [1.29, 1.82) is 0 Å². The number of hydrogen-bond donors (Lipinski definition) is 1. The van der Waals surface area contributed by atoms with Crippen LogP contribution in [0.5, 0.6) is 0 Å². The second-order valence-corrected chi connectivity index (χ2v) is 7.59. The molecule has 0 bridgehead atoms. The molecule has 1 amide bonds. The molecule has 0 atom stereocenters. The summed E-state index contributed by atoms with van der Waals surface area (Å²) in [6, 6.07) is 11.7. The van der Waals surface area contributed by atoms with Gasteiger partial charge in [-0.2, -0.15) is 0 Å². The minimum atomic E-state index is -0.439. The molecule has 0 spiro atoms. The van der Waals surface area contributed by atoms with Crippen LogP contribution in [-0.4, -0.2) is 30.8 Å². The number of rotatable bonds is 6. The fraction of sp³-hybridized carbons (Fsp3) is 0.150. The lowest BCUT2D eigenvalue weighted by Crippen LogP contribution is -2.26. The van der Waals surface area contributed by atoms with E-state index >= 15 is 0 Å². The standard InChI is InChI=1S/C20H16N6O4S/c1-12-6-7-13(10-17(12)26(29)30)16-11-31-20(21-16)22-18(27)8-9-25-19(28)14-4-2-3-5-15(14)23-24-25/h2-7,10-11H,8-9H2,1H3,(H,21,22,27). The van der Waals surface area contributed by atoms with Gasteiger partial charge in [0, 0.05) is 29.0 Å².